The standard InChI is InChI=1S/C10H15O2P/c1-9(12-13)7-8-11-10-5-3-2-4-6-10/h2-6,9H,7-8,13H2,1H3. The smallest absolute Gasteiger partial charge is 0.119 e. The SMILES string of the molecule is CC(CCOc1ccccc1)OP. The summed E-state index contributed by atoms with van der Waals surface area (Å²) in [5.74, 6) is 0.915. The number of ether oxygens (including phenoxy) is 1. The van der Waals surface area contributed by atoms with Gasteiger partial charge in [0.1, 0.15) is 5.75 Å². The van der Waals surface area contributed by atoms with Crippen LogP contribution < -0.4 is 4.74 Å². The van der Waals surface area contributed by atoms with Gasteiger partial charge in [-0.2, -0.15) is 0 Å². The second-order valence-electron chi connectivity index (χ2n) is 2.90. The molecule has 0 radical (unpaired) electrons. The molecule has 1 rings (SSSR count). The molecule has 0 aromatic heterocycles. The van der Waals surface area contributed by atoms with Crippen LogP contribution in [0.1, 0.15) is 13.3 Å². The van der Waals surface area contributed by atoms with Crippen LogP contribution in [0.15, 0.2) is 30.3 Å². The lowest BCUT2D eigenvalue weighted by Crippen LogP contribution is -2.08. The zero-order valence-electron chi connectivity index (χ0n) is 7.77. The minimum atomic E-state index is 0.230. The summed E-state index contributed by atoms with van der Waals surface area (Å²) in [5.41, 5.74) is 0. The molecule has 0 saturated heterocycles. The van der Waals surface area contributed by atoms with Gasteiger partial charge in [0.05, 0.1) is 12.7 Å². The van der Waals surface area contributed by atoms with Gasteiger partial charge in [-0.3, -0.25) is 0 Å². The van der Waals surface area contributed by atoms with Crippen molar-refractivity contribution in [3.05, 3.63) is 30.3 Å². The molecule has 13 heavy (non-hydrogen) atoms. The van der Waals surface area contributed by atoms with Gasteiger partial charge in [-0.05, 0) is 19.1 Å². The van der Waals surface area contributed by atoms with Crippen LogP contribution in [-0.4, -0.2) is 12.7 Å². The lowest BCUT2D eigenvalue weighted by Gasteiger charge is -2.09. The molecule has 0 aliphatic rings. The van der Waals surface area contributed by atoms with E-state index in [9.17, 15) is 0 Å². The minimum absolute atomic E-state index is 0.230. The van der Waals surface area contributed by atoms with Crippen molar-refractivity contribution >= 4 is 9.47 Å². The fraction of sp³-hybridized carbons (Fsp3) is 0.400. The Morgan fingerprint density at radius 2 is 2.00 bits per heavy atom. The molecule has 0 bridgehead atoms. The molecular weight excluding hydrogens is 183 g/mol. The molecule has 72 valence electrons. The van der Waals surface area contributed by atoms with E-state index in [4.69, 9.17) is 9.26 Å². The van der Waals surface area contributed by atoms with Gasteiger partial charge in [-0.15, -0.1) is 0 Å². The van der Waals surface area contributed by atoms with Crippen molar-refractivity contribution < 1.29 is 9.26 Å². The van der Waals surface area contributed by atoms with Gasteiger partial charge in [-0.1, -0.05) is 18.2 Å². The predicted octanol–water partition coefficient (Wildman–Crippen LogP) is 2.65. The molecule has 1 aromatic rings. The highest BCUT2D eigenvalue weighted by atomic mass is 31.0. The molecule has 0 amide bonds. The van der Waals surface area contributed by atoms with Crippen LogP contribution in [0.5, 0.6) is 5.75 Å². The first-order chi connectivity index (χ1) is 6.33. The van der Waals surface area contributed by atoms with Crippen molar-refractivity contribution in [1.29, 1.82) is 0 Å². The Hall–Kier alpha value is -0.590. The lowest BCUT2D eigenvalue weighted by molar-refractivity contribution is 0.201. The largest absolute Gasteiger partial charge is 0.493 e. The highest BCUT2D eigenvalue weighted by Crippen LogP contribution is 2.09. The summed E-state index contributed by atoms with van der Waals surface area (Å²) in [6.07, 6.45) is 1.13. The van der Waals surface area contributed by atoms with E-state index in [0.717, 1.165) is 12.2 Å². The molecule has 2 nitrogen and oxygen atoms in total. The Morgan fingerprint density at radius 3 is 2.62 bits per heavy atom. The zero-order chi connectivity index (χ0) is 9.52. The molecule has 2 unspecified atom stereocenters. The van der Waals surface area contributed by atoms with E-state index in [1.54, 1.807) is 0 Å². The predicted molar refractivity (Wildman–Crippen MR) is 56.8 cm³/mol. The maximum atomic E-state index is 5.49. The van der Waals surface area contributed by atoms with Gasteiger partial charge < -0.3 is 9.26 Å². The Bertz CT molecular complexity index is 226. The summed E-state index contributed by atoms with van der Waals surface area (Å²) in [5, 5.41) is 0. The summed E-state index contributed by atoms with van der Waals surface area (Å²) < 4.78 is 10.5. The molecule has 0 aliphatic carbocycles. The fourth-order valence-electron chi connectivity index (χ4n) is 0.928. The van der Waals surface area contributed by atoms with E-state index >= 15 is 0 Å². The lowest BCUT2D eigenvalue weighted by atomic mass is 10.3. The first kappa shape index (κ1) is 10.5. The molecule has 2 atom stereocenters. The Labute approximate surface area is 81.5 Å². The van der Waals surface area contributed by atoms with Crippen LogP contribution >= 0.6 is 9.47 Å². The maximum absolute atomic E-state index is 5.49. The van der Waals surface area contributed by atoms with Crippen LogP contribution in [0.4, 0.5) is 0 Å². The summed E-state index contributed by atoms with van der Waals surface area (Å²) in [4.78, 5) is 0. The molecule has 0 N–H and O–H groups in total. The molecule has 0 saturated carbocycles. The summed E-state index contributed by atoms with van der Waals surface area (Å²) in [6.45, 7) is 2.71. The Morgan fingerprint density at radius 1 is 1.31 bits per heavy atom. The van der Waals surface area contributed by atoms with Gasteiger partial charge in [0.15, 0.2) is 0 Å². The fourth-order valence-corrected chi connectivity index (χ4v) is 1.06. The highest BCUT2D eigenvalue weighted by molar-refractivity contribution is 7.09. The van der Waals surface area contributed by atoms with E-state index < -0.39 is 0 Å². The van der Waals surface area contributed by atoms with E-state index in [1.807, 2.05) is 37.3 Å². The molecule has 0 heterocycles. The number of hydrogen-bond acceptors (Lipinski definition) is 2. The normalized spacial score (nSPS) is 12.5. The molecule has 0 aliphatic heterocycles. The van der Waals surface area contributed by atoms with Crippen molar-refractivity contribution in [2.45, 2.75) is 19.4 Å². The van der Waals surface area contributed by atoms with Crippen molar-refractivity contribution in [3.63, 3.8) is 0 Å². The van der Waals surface area contributed by atoms with E-state index in [2.05, 4.69) is 9.47 Å². The van der Waals surface area contributed by atoms with E-state index in [1.165, 1.54) is 0 Å². The third kappa shape index (κ3) is 4.25. The maximum Gasteiger partial charge on any atom is 0.119 e. The van der Waals surface area contributed by atoms with Crippen LogP contribution in [0.25, 0.3) is 0 Å². The van der Waals surface area contributed by atoms with Gasteiger partial charge in [-0.25, -0.2) is 0 Å². The third-order valence-electron chi connectivity index (χ3n) is 1.77. The Kier molecular flexibility index (Phi) is 4.81. The van der Waals surface area contributed by atoms with Gasteiger partial charge in [0.2, 0.25) is 0 Å². The van der Waals surface area contributed by atoms with E-state index in [-0.39, 0.29) is 6.10 Å². The number of benzene rings is 1. The number of hydrogen-bond donors (Lipinski definition) is 0. The summed E-state index contributed by atoms with van der Waals surface area (Å²) >= 11 is 0. The van der Waals surface area contributed by atoms with Gasteiger partial charge in [0.25, 0.3) is 0 Å². The number of rotatable bonds is 5. The van der Waals surface area contributed by atoms with E-state index in [0.29, 0.717) is 6.61 Å². The topological polar surface area (TPSA) is 18.5 Å². The molecule has 1 aromatic carbocycles. The molecule has 0 fully saturated rings. The monoisotopic (exact) mass is 198 g/mol. The Balaban J connectivity index is 2.20. The first-order valence-corrected chi connectivity index (χ1v) is 4.83. The van der Waals surface area contributed by atoms with Crippen molar-refractivity contribution in [2.75, 3.05) is 6.61 Å². The zero-order valence-corrected chi connectivity index (χ0v) is 8.93. The second kappa shape index (κ2) is 5.95. The number of para-hydroxylation sites is 1. The first-order valence-electron chi connectivity index (χ1n) is 4.36. The van der Waals surface area contributed by atoms with Crippen LogP contribution in [0, 0.1) is 0 Å². The molecular formula is C10H15O2P. The van der Waals surface area contributed by atoms with Crippen LogP contribution in [-0.2, 0) is 4.52 Å². The van der Waals surface area contributed by atoms with Gasteiger partial charge >= 0.3 is 0 Å². The summed E-state index contributed by atoms with van der Waals surface area (Å²) in [6, 6.07) is 9.80. The molecule has 0 spiro atoms. The van der Waals surface area contributed by atoms with Crippen molar-refractivity contribution in [1.82, 2.24) is 0 Å². The average Bonchev–Trinajstić information content (AvgIpc) is 2.19. The highest BCUT2D eigenvalue weighted by Gasteiger charge is 1.99. The third-order valence-corrected chi connectivity index (χ3v) is 2.23. The second-order valence-corrected chi connectivity index (χ2v) is 3.17. The van der Waals surface area contributed by atoms with Crippen LogP contribution in [0.3, 0.4) is 0 Å². The molecule has 3 heteroatoms. The van der Waals surface area contributed by atoms with Crippen molar-refractivity contribution in [2.24, 2.45) is 0 Å². The average molecular weight is 198 g/mol. The minimum Gasteiger partial charge on any atom is -0.493 e. The van der Waals surface area contributed by atoms with Crippen molar-refractivity contribution in [3.8, 4) is 5.75 Å². The quantitative estimate of drug-likeness (QED) is 0.677. The summed E-state index contributed by atoms with van der Waals surface area (Å²) in [7, 11) is 2.26. The van der Waals surface area contributed by atoms with Crippen LogP contribution in [0.2, 0.25) is 0 Å². The van der Waals surface area contributed by atoms with Gasteiger partial charge in [0, 0.05) is 15.9 Å².